The maximum atomic E-state index is 13.9. The zero-order valence-corrected chi connectivity index (χ0v) is 15.0. The lowest BCUT2D eigenvalue weighted by atomic mass is 10.2. The minimum absolute atomic E-state index is 0.184. The van der Waals surface area contributed by atoms with Gasteiger partial charge in [-0.1, -0.05) is 48.6 Å². The van der Waals surface area contributed by atoms with Crippen molar-refractivity contribution in [2.75, 3.05) is 6.54 Å². The molecule has 26 heavy (non-hydrogen) atoms. The molecule has 3 rings (SSSR count). The zero-order chi connectivity index (χ0) is 18.5. The van der Waals surface area contributed by atoms with Gasteiger partial charge >= 0.3 is 0 Å². The van der Waals surface area contributed by atoms with Crippen molar-refractivity contribution in [1.82, 2.24) is 4.68 Å². The van der Waals surface area contributed by atoms with Gasteiger partial charge in [0.15, 0.2) is 0 Å². The van der Waals surface area contributed by atoms with Gasteiger partial charge < -0.3 is 0 Å². The first-order valence-corrected chi connectivity index (χ1v) is 8.83. The summed E-state index contributed by atoms with van der Waals surface area (Å²) in [5.74, 6) is -1.32. The average Bonchev–Trinajstić information content (AvgIpc) is 3.03. The zero-order valence-electron chi connectivity index (χ0n) is 14.2. The summed E-state index contributed by atoms with van der Waals surface area (Å²) in [4.78, 5) is 5.11. The van der Waals surface area contributed by atoms with E-state index in [1.807, 2.05) is 42.6 Å². The van der Waals surface area contributed by atoms with E-state index in [0.717, 1.165) is 16.8 Å². The summed E-state index contributed by atoms with van der Waals surface area (Å²) in [7, 11) is 0. The van der Waals surface area contributed by atoms with E-state index >= 15 is 0 Å². The van der Waals surface area contributed by atoms with Crippen LogP contribution in [0.3, 0.4) is 0 Å². The van der Waals surface area contributed by atoms with Crippen LogP contribution in [0, 0.1) is 11.6 Å². The molecule has 0 amide bonds. The van der Waals surface area contributed by atoms with Crippen molar-refractivity contribution in [2.45, 2.75) is 6.92 Å². The highest BCUT2D eigenvalue weighted by molar-refractivity contribution is 7.07. The van der Waals surface area contributed by atoms with Gasteiger partial charge in [0.25, 0.3) is 0 Å². The summed E-state index contributed by atoms with van der Waals surface area (Å²) in [5, 5.41) is 6.23. The van der Waals surface area contributed by atoms with Crippen LogP contribution in [-0.4, -0.2) is 17.4 Å². The topological polar surface area (TPSA) is 29.6 Å². The standard InChI is InChI=1S/C20H17F2N3S/c1-14(2)11-23-20-25(19(13-26-20)15-7-4-3-5-8-15)24-12-16-17(21)9-6-10-18(16)22/h3-10,12-13H,1,11H2,2H3. The number of halogens is 2. The Morgan fingerprint density at radius 2 is 1.81 bits per heavy atom. The number of benzene rings is 2. The third-order valence-electron chi connectivity index (χ3n) is 3.54. The predicted molar refractivity (Wildman–Crippen MR) is 102 cm³/mol. The van der Waals surface area contributed by atoms with Crippen LogP contribution < -0.4 is 4.80 Å². The molecule has 3 aromatic rings. The minimum atomic E-state index is -0.661. The number of nitrogens with zero attached hydrogens (tertiary/aromatic N) is 3. The predicted octanol–water partition coefficient (Wildman–Crippen LogP) is 4.85. The highest BCUT2D eigenvalue weighted by Crippen LogP contribution is 2.20. The van der Waals surface area contributed by atoms with Crippen LogP contribution in [0.15, 0.2) is 76.2 Å². The van der Waals surface area contributed by atoms with Crippen molar-refractivity contribution in [3.05, 3.63) is 88.1 Å². The van der Waals surface area contributed by atoms with Gasteiger partial charge in [-0.3, -0.25) is 4.99 Å². The molecule has 0 aliphatic carbocycles. The van der Waals surface area contributed by atoms with Gasteiger partial charge in [-0.15, -0.1) is 11.3 Å². The molecule has 0 N–H and O–H groups in total. The van der Waals surface area contributed by atoms with Crippen LogP contribution >= 0.6 is 11.3 Å². The van der Waals surface area contributed by atoms with Crippen molar-refractivity contribution in [3.63, 3.8) is 0 Å². The summed E-state index contributed by atoms with van der Waals surface area (Å²) in [6, 6.07) is 13.4. The van der Waals surface area contributed by atoms with Crippen molar-refractivity contribution in [2.24, 2.45) is 10.1 Å². The Labute approximate surface area is 154 Å². The number of hydrogen-bond acceptors (Lipinski definition) is 3. The quantitative estimate of drug-likeness (QED) is 0.454. The molecule has 1 heterocycles. The Hall–Kier alpha value is -2.86. The lowest BCUT2D eigenvalue weighted by Crippen LogP contribution is -2.13. The number of hydrogen-bond donors (Lipinski definition) is 0. The average molecular weight is 369 g/mol. The molecule has 3 nitrogen and oxygen atoms in total. The molecule has 0 bridgehead atoms. The molecule has 132 valence electrons. The SMILES string of the molecule is C=C(C)CN=c1scc(-c2ccccc2)n1N=Cc1c(F)cccc1F. The van der Waals surface area contributed by atoms with Gasteiger partial charge in [-0.25, -0.2) is 13.5 Å². The van der Waals surface area contributed by atoms with Crippen molar-refractivity contribution in [1.29, 1.82) is 0 Å². The molecule has 0 aliphatic heterocycles. The third kappa shape index (κ3) is 4.03. The summed E-state index contributed by atoms with van der Waals surface area (Å²) in [5.41, 5.74) is 2.46. The Morgan fingerprint density at radius 1 is 1.12 bits per heavy atom. The molecule has 1 aromatic heterocycles. The third-order valence-corrected chi connectivity index (χ3v) is 4.40. The first kappa shape index (κ1) is 17.9. The molecular weight excluding hydrogens is 352 g/mol. The fourth-order valence-electron chi connectivity index (χ4n) is 2.28. The molecule has 6 heteroatoms. The van der Waals surface area contributed by atoms with E-state index < -0.39 is 11.6 Å². The number of aromatic nitrogens is 1. The minimum Gasteiger partial charge on any atom is -0.253 e. The van der Waals surface area contributed by atoms with Crippen LogP contribution in [0.1, 0.15) is 12.5 Å². The van der Waals surface area contributed by atoms with Gasteiger partial charge in [0, 0.05) is 10.9 Å². The fraction of sp³-hybridized carbons (Fsp3) is 0.100. The Balaban J connectivity index is 2.11. The van der Waals surface area contributed by atoms with Crippen LogP contribution in [0.2, 0.25) is 0 Å². The van der Waals surface area contributed by atoms with E-state index in [1.165, 1.54) is 35.8 Å². The summed E-state index contributed by atoms with van der Waals surface area (Å²) in [6.07, 6.45) is 1.18. The van der Waals surface area contributed by atoms with Crippen LogP contribution in [0.25, 0.3) is 11.3 Å². The maximum Gasteiger partial charge on any atom is 0.206 e. The van der Waals surface area contributed by atoms with Crippen molar-refractivity contribution in [3.8, 4) is 11.3 Å². The van der Waals surface area contributed by atoms with Gasteiger partial charge in [0.1, 0.15) is 11.6 Å². The Morgan fingerprint density at radius 3 is 2.46 bits per heavy atom. The Kier molecular flexibility index (Phi) is 5.53. The van der Waals surface area contributed by atoms with E-state index in [9.17, 15) is 8.78 Å². The van der Waals surface area contributed by atoms with E-state index in [4.69, 9.17) is 0 Å². The molecule has 0 aliphatic rings. The smallest absolute Gasteiger partial charge is 0.206 e. The van der Waals surface area contributed by atoms with Gasteiger partial charge in [-0.05, 0) is 19.1 Å². The number of rotatable bonds is 5. The molecule has 0 unspecified atom stereocenters. The molecule has 2 aromatic carbocycles. The summed E-state index contributed by atoms with van der Waals surface area (Å²) >= 11 is 1.41. The molecule has 0 saturated heterocycles. The van der Waals surface area contributed by atoms with Gasteiger partial charge in [-0.2, -0.15) is 5.10 Å². The van der Waals surface area contributed by atoms with E-state index in [2.05, 4.69) is 16.7 Å². The highest BCUT2D eigenvalue weighted by atomic mass is 32.1. The second kappa shape index (κ2) is 8.01. The normalized spacial score (nSPS) is 12.0. The van der Waals surface area contributed by atoms with Crippen molar-refractivity contribution >= 4 is 17.6 Å². The van der Waals surface area contributed by atoms with Crippen molar-refractivity contribution < 1.29 is 8.78 Å². The van der Waals surface area contributed by atoms with Crippen LogP contribution in [-0.2, 0) is 0 Å². The molecule has 0 spiro atoms. The monoisotopic (exact) mass is 369 g/mol. The lowest BCUT2D eigenvalue weighted by molar-refractivity contribution is 0.579. The summed E-state index contributed by atoms with van der Waals surface area (Å²) in [6.45, 7) is 6.19. The Bertz CT molecular complexity index is 997. The van der Waals surface area contributed by atoms with Crippen LogP contribution in [0.4, 0.5) is 8.78 Å². The molecular formula is C20H17F2N3S. The maximum absolute atomic E-state index is 13.9. The van der Waals surface area contributed by atoms with E-state index in [0.29, 0.717) is 11.3 Å². The molecule has 0 fully saturated rings. The summed E-state index contributed by atoms with van der Waals surface area (Å²) < 4.78 is 29.4. The molecule has 0 radical (unpaired) electrons. The number of thiazole rings is 1. The van der Waals surface area contributed by atoms with E-state index in [1.54, 1.807) is 4.68 Å². The first-order valence-electron chi connectivity index (χ1n) is 7.95. The fourth-order valence-corrected chi connectivity index (χ4v) is 3.12. The van der Waals surface area contributed by atoms with E-state index in [-0.39, 0.29) is 5.56 Å². The molecule has 0 saturated carbocycles. The second-order valence-electron chi connectivity index (χ2n) is 5.73. The van der Waals surface area contributed by atoms with Crippen LogP contribution in [0.5, 0.6) is 0 Å². The first-order chi connectivity index (χ1) is 12.6. The van der Waals surface area contributed by atoms with Gasteiger partial charge in [0.05, 0.1) is 24.0 Å². The largest absolute Gasteiger partial charge is 0.253 e. The lowest BCUT2D eigenvalue weighted by Gasteiger charge is -2.04. The second-order valence-corrected chi connectivity index (χ2v) is 6.57. The molecule has 0 atom stereocenters. The van der Waals surface area contributed by atoms with Gasteiger partial charge in [0.2, 0.25) is 4.80 Å². The highest BCUT2D eigenvalue weighted by Gasteiger charge is 2.09.